The maximum absolute atomic E-state index is 12.9. The van der Waals surface area contributed by atoms with Crippen molar-refractivity contribution in [3.05, 3.63) is 62.2 Å². The van der Waals surface area contributed by atoms with Crippen molar-refractivity contribution in [2.75, 3.05) is 32.8 Å². The first kappa shape index (κ1) is 20.5. The van der Waals surface area contributed by atoms with Gasteiger partial charge in [0.25, 0.3) is 5.91 Å². The van der Waals surface area contributed by atoms with Crippen LogP contribution in [-0.4, -0.2) is 48.6 Å². The van der Waals surface area contributed by atoms with Gasteiger partial charge in [-0.15, -0.1) is 22.7 Å². The van der Waals surface area contributed by atoms with E-state index in [2.05, 4.69) is 32.7 Å². The Morgan fingerprint density at radius 3 is 2.86 bits per heavy atom. The van der Waals surface area contributed by atoms with E-state index in [1.807, 2.05) is 31.2 Å². The van der Waals surface area contributed by atoms with Gasteiger partial charge in [-0.3, -0.25) is 9.69 Å². The van der Waals surface area contributed by atoms with E-state index in [-0.39, 0.29) is 11.9 Å². The lowest BCUT2D eigenvalue weighted by molar-refractivity contribution is 0.0169. The van der Waals surface area contributed by atoms with Crippen LogP contribution in [0.25, 0.3) is 10.6 Å². The van der Waals surface area contributed by atoms with E-state index < -0.39 is 0 Å². The Bertz CT molecular complexity index is 968. The number of carbonyl (C=O) groups is 1. The molecule has 8 heteroatoms. The number of thiophene rings is 1. The molecule has 1 aliphatic heterocycles. The molecule has 0 spiro atoms. The van der Waals surface area contributed by atoms with Crippen LogP contribution in [0, 0.1) is 6.92 Å². The van der Waals surface area contributed by atoms with E-state index >= 15 is 0 Å². The number of benzene rings is 1. The summed E-state index contributed by atoms with van der Waals surface area (Å²) in [6.45, 7) is 5.63. The molecule has 1 aromatic carbocycles. The van der Waals surface area contributed by atoms with Crippen molar-refractivity contribution in [3.8, 4) is 10.6 Å². The van der Waals surface area contributed by atoms with Gasteiger partial charge >= 0.3 is 0 Å². The van der Waals surface area contributed by atoms with Gasteiger partial charge in [-0.05, 0) is 30.5 Å². The fraction of sp³-hybridized carbons (Fsp3) is 0.333. The van der Waals surface area contributed by atoms with E-state index in [9.17, 15) is 4.79 Å². The summed E-state index contributed by atoms with van der Waals surface area (Å²) in [6, 6.07) is 11.9. The van der Waals surface area contributed by atoms with Gasteiger partial charge in [0, 0.05) is 35.1 Å². The quantitative estimate of drug-likeness (QED) is 0.598. The number of nitrogens with zero attached hydrogens (tertiary/aromatic N) is 2. The Morgan fingerprint density at radius 1 is 1.31 bits per heavy atom. The summed E-state index contributed by atoms with van der Waals surface area (Å²) in [5.74, 6) is -0.0805. The van der Waals surface area contributed by atoms with Crippen LogP contribution in [0.15, 0.2) is 41.8 Å². The summed E-state index contributed by atoms with van der Waals surface area (Å²) in [7, 11) is 0. The van der Waals surface area contributed by atoms with E-state index in [4.69, 9.17) is 16.3 Å². The number of morpholine rings is 1. The fourth-order valence-electron chi connectivity index (χ4n) is 3.40. The van der Waals surface area contributed by atoms with Gasteiger partial charge in [0.05, 0.1) is 24.9 Å². The number of amides is 1. The molecule has 0 bridgehead atoms. The lowest BCUT2D eigenvalue weighted by Gasteiger charge is -2.34. The van der Waals surface area contributed by atoms with Crippen molar-refractivity contribution < 1.29 is 9.53 Å². The van der Waals surface area contributed by atoms with E-state index in [1.165, 1.54) is 16.2 Å². The lowest BCUT2D eigenvalue weighted by Crippen LogP contribution is -2.43. The molecule has 2 aromatic heterocycles. The average Bonchev–Trinajstić information content (AvgIpc) is 3.39. The number of hydrogen-bond acceptors (Lipinski definition) is 6. The number of carbonyl (C=O) groups excluding carboxylic acids is 1. The molecule has 4 rings (SSSR count). The summed E-state index contributed by atoms with van der Waals surface area (Å²) in [5, 5.41) is 6.67. The van der Waals surface area contributed by atoms with E-state index in [1.54, 1.807) is 11.3 Å². The number of aromatic nitrogens is 1. The second-order valence-electron chi connectivity index (χ2n) is 6.83. The van der Waals surface area contributed by atoms with Gasteiger partial charge in [-0.2, -0.15) is 0 Å². The molecule has 0 unspecified atom stereocenters. The van der Waals surface area contributed by atoms with Crippen LogP contribution in [0.3, 0.4) is 0 Å². The molecule has 1 saturated heterocycles. The fourth-order valence-corrected chi connectivity index (χ4v) is 5.43. The summed E-state index contributed by atoms with van der Waals surface area (Å²) in [5.41, 5.74) is 1.66. The number of thiazole rings is 1. The number of nitrogens with one attached hydrogen (secondary N) is 1. The summed E-state index contributed by atoms with van der Waals surface area (Å²) < 4.78 is 5.49. The van der Waals surface area contributed by atoms with Crippen molar-refractivity contribution >= 4 is 40.2 Å². The number of halogens is 1. The smallest absolute Gasteiger partial charge is 0.263 e. The van der Waals surface area contributed by atoms with Crippen LogP contribution in [0.5, 0.6) is 0 Å². The molecule has 152 valence electrons. The van der Waals surface area contributed by atoms with E-state index in [0.29, 0.717) is 16.4 Å². The zero-order valence-corrected chi connectivity index (χ0v) is 18.4. The average molecular weight is 448 g/mol. The molecule has 1 aliphatic rings. The van der Waals surface area contributed by atoms with E-state index in [0.717, 1.165) is 42.6 Å². The molecular weight excluding hydrogens is 426 g/mol. The van der Waals surface area contributed by atoms with Crippen molar-refractivity contribution in [3.63, 3.8) is 0 Å². The van der Waals surface area contributed by atoms with Crippen molar-refractivity contribution in [2.45, 2.75) is 13.0 Å². The lowest BCUT2D eigenvalue weighted by atomic mass is 10.2. The monoisotopic (exact) mass is 447 g/mol. The molecule has 3 heterocycles. The third-order valence-corrected chi connectivity index (χ3v) is 7.30. The predicted octanol–water partition coefficient (Wildman–Crippen LogP) is 4.64. The first-order valence-corrected chi connectivity index (χ1v) is 11.6. The Labute approximate surface area is 183 Å². The molecule has 0 radical (unpaired) electrons. The predicted molar refractivity (Wildman–Crippen MR) is 119 cm³/mol. The summed E-state index contributed by atoms with van der Waals surface area (Å²) >= 11 is 9.22. The molecule has 0 aliphatic carbocycles. The number of hydrogen-bond donors (Lipinski definition) is 1. The Kier molecular flexibility index (Phi) is 6.62. The highest BCUT2D eigenvalue weighted by atomic mass is 35.5. The molecule has 1 N–H and O–H groups in total. The highest BCUT2D eigenvalue weighted by Gasteiger charge is 2.25. The molecule has 29 heavy (non-hydrogen) atoms. The van der Waals surface area contributed by atoms with Crippen LogP contribution in [0.4, 0.5) is 0 Å². The van der Waals surface area contributed by atoms with Gasteiger partial charge in [0.1, 0.15) is 9.88 Å². The largest absolute Gasteiger partial charge is 0.379 e. The molecule has 3 aromatic rings. The molecule has 1 atom stereocenters. The van der Waals surface area contributed by atoms with Crippen molar-refractivity contribution in [2.24, 2.45) is 0 Å². The maximum Gasteiger partial charge on any atom is 0.263 e. The molecule has 1 amide bonds. The minimum absolute atomic E-state index is 0.0805. The van der Waals surface area contributed by atoms with Crippen LogP contribution >= 0.6 is 34.3 Å². The Hall–Kier alpha value is -1.77. The summed E-state index contributed by atoms with van der Waals surface area (Å²) in [4.78, 5) is 21.8. The highest BCUT2D eigenvalue weighted by molar-refractivity contribution is 7.17. The summed E-state index contributed by atoms with van der Waals surface area (Å²) in [6.07, 6.45) is 0. The maximum atomic E-state index is 12.9. The normalized spacial score (nSPS) is 15.9. The molecule has 1 fully saturated rings. The number of aryl methyl sites for hydroxylation is 1. The standard InChI is InChI=1S/C21H22ClN3O2S2/c1-14-19(29-21(24-14)15-4-2-5-16(22)12-15)20(26)23-13-17(18-6-3-11-28-18)25-7-9-27-10-8-25/h2-6,11-12,17H,7-10,13H2,1H3,(H,23,26)/t17-/m1/s1. The topological polar surface area (TPSA) is 54.5 Å². The third-order valence-electron chi connectivity index (χ3n) is 4.89. The third kappa shape index (κ3) is 4.87. The molecule has 5 nitrogen and oxygen atoms in total. The Balaban J connectivity index is 1.48. The minimum atomic E-state index is -0.0805. The first-order valence-electron chi connectivity index (χ1n) is 9.48. The van der Waals surface area contributed by atoms with Gasteiger partial charge in [-0.1, -0.05) is 29.8 Å². The Morgan fingerprint density at radius 2 is 2.14 bits per heavy atom. The van der Waals surface area contributed by atoms with Gasteiger partial charge in [-0.25, -0.2) is 4.98 Å². The van der Waals surface area contributed by atoms with Crippen molar-refractivity contribution in [1.29, 1.82) is 0 Å². The minimum Gasteiger partial charge on any atom is -0.379 e. The first-order chi connectivity index (χ1) is 14.1. The second-order valence-corrected chi connectivity index (χ2v) is 9.25. The van der Waals surface area contributed by atoms with Crippen LogP contribution < -0.4 is 5.32 Å². The van der Waals surface area contributed by atoms with Gasteiger partial charge < -0.3 is 10.1 Å². The van der Waals surface area contributed by atoms with Crippen LogP contribution in [-0.2, 0) is 4.74 Å². The zero-order valence-electron chi connectivity index (χ0n) is 16.1. The number of ether oxygens (including phenoxy) is 1. The highest BCUT2D eigenvalue weighted by Crippen LogP contribution is 2.30. The van der Waals surface area contributed by atoms with Crippen LogP contribution in [0.2, 0.25) is 5.02 Å². The molecule has 0 saturated carbocycles. The van der Waals surface area contributed by atoms with Gasteiger partial charge in [0.15, 0.2) is 0 Å². The zero-order chi connectivity index (χ0) is 20.2. The molecular formula is C21H22ClN3O2S2. The van der Waals surface area contributed by atoms with Gasteiger partial charge in [0.2, 0.25) is 0 Å². The van der Waals surface area contributed by atoms with Crippen LogP contribution in [0.1, 0.15) is 26.3 Å². The van der Waals surface area contributed by atoms with Crippen molar-refractivity contribution in [1.82, 2.24) is 15.2 Å². The second kappa shape index (κ2) is 9.36. The SMILES string of the molecule is Cc1nc(-c2cccc(Cl)c2)sc1C(=O)NC[C@H](c1cccs1)N1CCOCC1. The number of rotatable bonds is 6.